The van der Waals surface area contributed by atoms with E-state index in [4.69, 9.17) is 0 Å². The van der Waals surface area contributed by atoms with E-state index in [1.165, 1.54) is 50.0 Å². The highest BCUT2D eigenvalue weighted by molar-refractivity contribution is 5.79. The molecule has 0 spiro atoms. The van der Waals surface area contributed by atoms with Crippen molar-refractivity contribution in [2.45, 2.75) is 57.5 Å². The van der Waals surface area contributed by atoms with Gasteiger partial charge in [-0.2, -0.15) is 5.10 Å². The topological polar surface area (TPSA) is 41.4 Å². The van der Waals surface area contributed by atoms with Crippen molar-refractivity contribution in [1.29, 1.82) is 0 Å². The summed E-state index contributed by atoms with van der Waals surface area (Å²) in [5.41, 5.74) is 2.53. The van der Waals surface area contributed by atoms with Crippen LogP contribution >= 0.6 is 0 Å². The van der Waals surface area contributed by atoms with Crippen molar-refractivity contribution in [3.8, 4) is 0 Å². The quantitative estimate of drug-likeness (QED) is 0.798. The molecule has 1 fully saturated rings. The fraction of sp³-hybridized carbons (Fsp3) is 0.684. The summed E-state index contributed by atoms with van der Waals surface area (Å²) in [6.45, 7) is 4.91. The van der Waals surface area contributed by atoms with Crippen LogP contribution in [0.1, 0.15) is 56.7 Å². The first-order chi connectivity index (χ1) is 11.8. The van der Waals surface area contributed by atoms with Crippen LogP contribution in [0.4, 0.5) is 0 Å². The second kappa shape index (κ2) is 7.09. The number of likely N-dealkylation sites (tertiary alicyclic amines) is 1. The van der Waals surface area contributed by atoms with Crippen molar-refractivity contribution in [2.24, 2.45) is 0 Å². The minimum Gasteiger partial charge on any atom is -0.334 e. The molecule has 0 bridgehead atoms. The molecule has 0 saturated carbocycles. The van der Waals surface area contributed by atoms with E-state index in [-0.39, 0.29) is 0 Å². The Balaban J connectivity index is 1.44. The molecule has 1 saturated heterocycles. The number of allylic oxidation sites excluding steroid dienone is 1. The van der Waals surface area contributed by atoms with Gasteiger partial charge in [0.05, 0.1) is 18.3 Å². The summed E-state index contributed by atoms with van der Waals surface area (Å²) in [4.78, 5) is 17.4. The zero-order valence-corrected chi connectivity index (χ0v) is 14.5. The van der Waals surface area contributed by atoms with Gasteiger partial charge in [0, 0.05) is 25.7 Å². The summed E-state index contributed by atoms with van der Waals surface area (Å²) < 4.78 is 2.15. The van der Waals surface area contributed by atoms with E-state index in [1.807, 2.05) is 6.20 Å². The Kier molecular flexibility index (Phi) is 4.69. The van der Waals surface area contributed by atoms with Crippen LogP contribution in [0.5, 0.6) is 0 Å². The van der Waals surface area contributed by atoms with Gasteiger partial charge in [0.2, 0.25) is 5.91 Å². The molecule has 24 heavy (non-hydrogen) atoms. The summed E-state index contributed by atoms with van der Waals surface area (Å²) >= 11 is 0. The second-order valence-corrected chi connectivity index (χ2v) is 7.49. The van der Waals surface area contributed by atoms with Crippen LogP contribution in [-0.4, -0.2) is 51.7 Å². The third-order valence-electron chi connectivity index (χ3n) is 5.67. The first-order valence-corrected chi connectivity index (χ1v) is 9.50. The van der Waals surface area contributed by atoms with Gasteiger partial charge in [-0.1, -0.05) is 11.6 Å². The van der Waals surface area contributed by atoms with Gasteiger partial charge in [0.25, 0.3) is 0 Å². The lowest BCUT2D eigenvalue weighted by atomic mass is 9.96. The molecule has 130 valence electrons. The van der Waals surface area contributed by atoms with Crippen molar-refractivity contribution >= 4 is 5.91 Å². The zero-order valence-electron chi connectivity index (χ0n) is 14.5. The molecule has 1 aliphatic carbocycles. The largest absolute Gasteiger partial charge is 0.334 e. The van der Waals surface area contributed by atoms with Gasteiger partial charge in [-0.25, -0.2) is 0 Å². The average molecular weight is 328 g/mol. The first-order valence-electron chi connectivity index (χ1n) is 9.50. The molecule has 3 heterocycles. The molecule has 1 aromatic heterocycles. The molecule has 3 aliphatic rings. The van der Waals surface area contributed by atoms with E-state index in [9.17, 15) is 4.79 Å². The van der Waals surface area contributed by atoms with E-state index in [0.29, 0.717) is 24.9 Å². The number of hydrogen-bond acceptors (Lipinski definition) is 3. The first kappa shape index (κ1) is 15.9. The Labute approximate surface area is 144 Å². The fourth-order valence-corrected chi connectivity index (χ4v) is 4.35. The summed E-state index contributed by atoms with van der Waals surface area (Å²) in [5, 5.41) is 4.53. The van der Waals surface area contributed by atoms with Gasteiger partial charge in [0.15, 0.2) is 0 Å². The molecule has 5 nitrogen and oxygen atoms in total. The van der Waals surface area contributed by atoms with Crippen molar-refractivity contribution < 1.29 is 4.79 Å². The number of nitrogens with zero attached hydrogens (tertiary/aromatic N) is 4. The van der Waals surface area contributed by atoms with Gasteiger partial charge in [-0.3, -0.25) is 9.48 Å². The molecule has 1 aromatic rings. The van der Waals surface area contributed by atoms with Crippen LogP contribution in [0.25, 0.3) is 0 Å². The average Bonchev–Trinajstić information content (AvgIpc) is 3.27. The lowest BCUT2D eigenvalue weighted by Crippen LogP contribution is -2.45. The van der Waals surface area contributed by atoms with Gasteiger partial charge in [-0.15, -0.1) is 0 Å². The van der Waals surface area contributed by atoms with Crippen LogP contribution < -0.4 is 0 Å². The molecule has 4 rings (SSSR count). The zero-order chi connectivity index (χ0) is 16.4. The molecule has 0 N–H and O–H groups in total. The van der Waals surface area contributed by atoms with Crippen molar-refractivity contribution in [3.63, 3.8) is 0 Å². The summed E-state index contributed by atoms with van der Waals surface area (Å²) in [6, 6.07) is 2.36. The molecule has 5 heteroatoms. The summed E-state index contributed by atoms with van der Waals surface area (Å²) in [6.07, 6.45) is 12.2. The molecule has 1 amide bonds. The highest BCUT2D eigenvalue weighted by atomic mass is 16.2. The van der Waals surface area contributed by atoms with Crippen molar-refractivity contribution in [2.75, 3.05) is 26.2 Å². The fourth-order valence-electron chi connectivity index (χ4n) is 4.35. The molecule has 0 unspecified atom stereocenters. The minimum atomic E-state index is 0.294. The Morgan fingerprint density at radius 1 is 1.21 bits per heavy atom. The number of hydrogen-bond donors (Lipinski definition) is 0. The van der Waals surface area contributed by atoms with E-state index >= 15 is 0 Å². The smallest absolute Gasteiger partial charge is 0.227 e. The number of carbonyl (C=O) groups is 1. The summed E-state index contributed by atoms with van der Waals surface area (Å²) in [7, 11) is 0. The molecular formula is C19H28N4O. The molecule has 0 aromatic carbocycles. The van der Waals surface area contributed by atoms with E-state index < -0.39 is 0 Å². The van der Waals surface area contributed by atoms with Crippen LogP contribution in [0, 0.1) is 0 Å². The van der Waals surface area contributed by atoms with Gasteiger partial charge < -0.3 is 9.80 Å². The Bertz CT molecular complexity index is 615. The second-order valence-electron chi connectivity index (χ2n) is 7.49. The molecule has 0 radical (unpaired) electrons. The van der Waals surface area contributed by atoms with Crippen molar-refractivity contribution in [3.05, 3.63) is 29.6 Å². The van der Waals surface area contributed by atoms with Crippen LogP contribution in [0.15, 0.2) is 23.9 Å². The number of fused-ring (bicyclic) bond motifs is 1. The third kappa shape index (κ3) is 3.41. The lowest BCUT2D eigenvalue weighted by Gasteiger charge is -2.36. The Morgan fingerprint density at radius 2 is 2.08 bits per heavy atom. The summed E-state index contributed by atoms with van der Waals surface area (Å²) in [5.74, 6) is 0.294. The monoisotopic (exact) mass is 328 g/mol. The van der Waals surface area contributed by atoms with Gasteiger partial charge >= 0.3 is 0 Å². The molecule has 1 atom stereocenters. The standard InChI is InChI=1S/C19H28N4O/c24-19(12-16-6-2-1-3-7-16)22-14-17-8-9-20-23(17)18(15-22)13-21-10-4-5-11-21/h6,8-9,18H,1-5,7,10-15H2/t18-/m0/s1. The normalized spacial score (nSPS) is 24.8. The number of rotatable bonds is 4. The maximum Gasteiger partial charge on any atom is 0.227 e. The van der Waals surface area contributed by atoms with Crippen molar-refractivity contribution in [1.82, 2.24) is 19.6 Å². The van der Waals surface area contributed by atoms with E-state index in [0.717, 1.165) is 25.9 Å². The highest BCUT2D eigenvalue weighted by Crippen LogP contribution is 2.26. The molecule has 2 aliphatic heterocycles. The van der Waals surface area contributed by atoms with Gasteiger partial charge in [-0.05, 0) is 57.7 Å². The number of carbonyl (C=O) groups excluding carboxylic acids is 1. The van der Waals surface area contributed by atoms with E-state index in [1.54, 1.807) is 0 Å². The van der Waals surface area contributed by atoms with E-state index in [2.05, 4.69) is 31.7 Å². The Morgan fingerprint density at radius 3 is 2.88 bits per heavy atom. The predicted octanol–water partition coefficient (Wildman–Crippen LogP) is 2.75. The van der Waals surface area contributed by atoms with Crippen LogP contribution in [0.3, 0.4) is 0 Å². The lowest BCUT2D eigenvalue weighted by molar-refractivity contribution is -0.132. The third-order valence-corrected chi connectivity index (χ3v) is 5.67. The highest BCUT2D eigenvalue weighted by Gasteiger charge is 2.30. The maximum absolute atomic E-state index is 12.8. The van der Waals surface area contributed by atoms with Gasteiger partial charge in [0.1, 0.15) is 0 Å². The Hall–Kier alpha value is -1.62. The van der Waals surface area contributed by atoms with Crippen LogP contribution in [-0.2, 0) is 11.3 Å². The SMILES string of the molecule is O=C(CC1=CCCCC1)N1Cc2ccnn2[C@@H](CN2CCCC2)C1. The van der Waals surface area contributed by atoms with Crippen LogP contribution in [0.2, 0.25) is 0 Å². The maximum atomic E-state index is 12.8. The number of aromatic nitrogens is 2. The predicted molar refractivity (Wildman–Crippen MR) is 93.5 cm³/mol. The molecular weight excluding hydrogens is 300 g/mol. The number of amides is 1. The minimum absolute atomic E-state index is 0.294.